The molecule has 1 spiro atoms. The van der Waals surface area contributed by atoms with Crippen LogP contribution in [0.25, 0.3) is 0 Å². The minimum Gasteiger partial charge on any atom is -0.312 e. The number of nitrogens with zero attached hydrogens (tertiary/aromatic N) is 1. The van der Waals surface area contributed by atoms with Crippen LogP contribution >= 0.6 is 15.9 Å². The highest BCUT2D eigenvalue weighted by atomic mass is 79.9. The minimum atomic E-state index is -0.708. The van der Waals surface area contributed by atoms with E-state index < -0.39 is 5.54 Å². The smallest absolute Gasteiger partial charge is 0.312 e. The molecule has 88 valence electrons. The number of likely N-dealkylation sites (N-methyl/N-ethyl adjacent to an activating group) is 1. The third-order valence-corrected chi connectivity index (χ3v) is 4.22. The number of benzene rings is 1. The molecule has 1 heterocycles. The summed E-state index contributed by atoms with van der Waals surface area (Å²) >= 11 is 3.42. The van der Waals surface area contributed by atoms with Gasteiger partial charge in [0.25, 0.3) is 5.91 Å². The lowest BCUT2D eigenvalue weighted by atomic mass is 9.95. The van der Waals surface area contributed by atoms with E-state index in [1.54, 1.807) is 7.05 Å². The fourth-order valence-electron chi connectivity index (χ4n) is 2.67. The highest BCUT2D eigenvalue weighted by Crippen LogP contribution is 2.37. The zero-order valence-corrected chi connectivity index (χ0v) is 10.9. The van der Waals surface area contributed by atoms with Crippen LogP contribution in [0.1, 0.15) is 11.1 Å². The summed E-state index contributed by atoms with van der Waals surface area (Å²) in [6.07, 6.45) is 1.19. The van der Waals surface area contributed by atoms with Gasteiger partial charge in [0.15, 0.2) is 0 Å². The zero-order chi connectivity index (χ0) is 12.2. The van der Waals surface area contributed by atoms with E-state index in [2.05, 4.69) is 21.2 Å². The van der Waals surface area contributed by atoms with Crippen LogP contribution in [0, 0.1) is 0 Å². The largest absolute Gasteiger partial charge is 0.324 e. The first-order valence-corrected chi connectivity index (χ1v) is 6.19. The van der Waals surface area contributed by atoms with Gasteiger partial charge in [0.05, 0.1) is 0 Å². The molecule has 1 aromatic rings. The number of carbonyl (C=O) groups is 2. The molecule has 3 amide bonds. The van der Waals surface area contributed by atoms with E-state index in [0.29, 0.717) is 12.8 Å². The van der Waals surface area contributed by atoms with Crippen molar-refractivity contribution in [2.75, 3.05) is 7.05 Å². The molecule has 5 heteroatoms. The Morgan fingerprint density at radius 2 is 2.00 bits per heavy atom. The summed E-state index contributed by atoms with van der Waals surface area (Å²) in [6.45, 7) is 0. The van der Waals surface area contributed by atoms with E-state index in [1.807, 2.05) is 18.2 Å². The molecule has 0 bridgehead atoms. The Morgan fingerprint density at radius 1 is 1.29 bits per heavy atom. The van der Waals surface area contributed by atoms with Crippen molar-refractivity contribution >= 4 is 27.9 Å². The maximum atomic E-state index is 12.0. The van der Waals surface area contributed by atoms with E-state index >= 15 is 0 Å². The molecular formula is C12H11BrN2O2. The molecule has 1 aliphatic heterocycles. The molecule has 1 saturated heterocycles. The summed E-state index contributed by atoms with van der Waals surface area (Å²) in [4.78, 5) is 25.1. The van der Waals surface area contributed by atoms with Gasteiger partial charge in [0.1, 0.15) is 5.54 Å². The number of nitrogens with one attached hydrogen (secondary N) is 1. The first kappa shape index (κ1) is 10.8. The summed E-state index contributed by atoms with van der Waals surface area (Å²) in [7, 11) is 1.68. The molecule has 3 rings (SSSR count). The molecule has 1 N–H and O–H groups in total. The molecule has 1 fully saturated rings. The highest BCUT2D eigenvalue weighted by Gasteiger charge is 2.54. The van der Waals surface area contributed by atoms with Gasteiger partial charge in [0, 0.05) is 24.4 Å². The van der Waals surface area contributed by atoms with E-state index in [4.69, 9.17) is 0 Å². The van der Waals surface area contributed by atoms with E-state index in [0.717, 1.165) is 15.6 Å². The predicted molar refractivity (Wildman–Crippen MR) is 65.6 cm³/mol. The van der Waals surface area contributed by atoms with Crippen LogP contribution in [0.3, 0.4) is 0 Å². The van der Waals surface area contributed by atoms with E-state index in [1.165, 1.54) is 4.90 Å². The topological polar surface area (TPSA) is 49.4 Å². The maximum Gasteiger partial charge on any atom is 0.324 e. The van der Waals surface area contributed by atoms with Gasteiger partial charge in [-0.15, -0.1) is 0 Å². The number of urea groups is 1. The van der Waals surface area contributed by atoms with Crippen LogP contribution in [0.15, 0.2) is 22.7 Å². The summed E-state index contributed by atoms with van der Waals surface area (Å²) in [6, 6.07) is 5.69. The molecule has 17 heavy (non-hydrogen) atoms. The Balaban J connectivity index is 2.05. The van der Waals surface area contributed by atoms with Crippen LogP contribution in [0.4, 0.5) is 4.79 Å². The van der Waals surface area contributed by atoms with Crippen LogP contribution < -0.4 is 5.32 Å². The standard InChI is InChI=1S/C12H11BrN2O2/c1-15-11(17)14-10(16)12(15)5-7-2-3-9(13)4-8(7)6-12/h2-4H,5-6H2,1H3,(H,14,16,17). The molecule has 1 unspecified atom stereocenters. The Bertz CT molecular complexity index is 543. The molecule has 0 aromatic heterocycles. The molecule has 1 atom stereocenters. The predicted octanol–water partition coefficient (Wildman–Crippen LogP) is 1.47. The van der Waals surface area contributed by atoms with E-state index in [-0.39, 0.29) is 11.9 Å². The fourth-order valence-corrected chi connectivity index (χ4v) is 3.07. The number of carbonyl (C=O) groups excluding carboxylic acids is 2. The highest BCUT2D eigenvalue weighted by molar-refractivity contribution is 9.10. The molecule has 4 nitrogen and oxygen atoms in total. The molecule has 0 radical (unpaired) electrons. The number of fused-ring (bicyclic) bond motifs is 1. The van der Waals surface area contributed by atoms with Crippen molar-refractivity contribution in [3.05, 3.63) is 33.8 Å². The van der Waals surface area contributed by atoms with Crippen LogP contribution in [0.2, 0.25) is 0 Å². The van der Waals surface area contributed by atoms with Gasteiger partial charge in [-0.25, -0.2) is 4.79 Å². The lowest BCUT2D eigenvalue weighted by Crippen LogP contribution is -2.48. The van der Waals surface area contributed by atoms with Gasteiger partial charge in [-0.05, 0) is 23.3 Å². The SMILES string of the molecule is CN1C(=O)NC(=O)C12Cc1ccc(Br)cc1C2. The molecule has 2 aliphatic rings. The Hall–Kier alpha value is -1.36. The van der Waals surface area contributed by atoms with Crippen molar-refractivity contribution in [2.45, 2.75) is 18.4 Å². The molecule has 1 aromatic carbocycles. The second kappa shape index (κ2) is 3.32. The van der Waals surface area contributed by atoms with Crippen molar-refractivity contribution < 1.29 is 9.59 Å². The lowest BCUT2D eigenvalue weighted by molar-refractivity contribution is -0.125. The number of rotatable bonds is 0. The molecular weight excluding hydrogens is 284 g/mol. The van der Waals surface area contributed by atoms with Gasteiger partial charge < -0.3 is 4.90 Å². The number of hydrogen-bond donors (Lipinski definition) is 1. The third-order valence-electron chi connectivity index (χ3n) is 3.72. The van der Waals surface area contributed by atoms with Gasteiger partial charge in [0.2, 0.25) is 0 Å². The normalized spacial score (nSPS) is 26.6. The molecule has 0 saturated carbocycles. The van der Waals surface area contributed by atoms with Crippen LogP contribution in [-0.4, -0.2) is 29.4 Å². The van der Waals surface area contributed by atoms with Gasteiger partial charge >= 0.3 is 6.03 Å². The van der Waals surface area contributed by atoms with Crippen molar-refractivity contribution in [2.24, 2.45) is 0 Å². The second-order valence-electron chi connectivity index (χ2n) is 4.62. The average molecular weight is 295 g/mol. The minimum absolute atomic E-state index is 0.183. The summed E-state index contributed by atoms with van der Waals surface area (Å²) < 4.78 is 1.00. The Kier molecular flexibility index (Phi) is 2.10. The second-order valence-corrected chi connectivity index (χ2v) is 5.53. The third kappa shape index (κ3) is 1.35. The van der Waals surface area contributed by atoms with Gasteiger partial charge in [-0.2, -0.15) is 0 Å². The van der Waals surface area contributed by atoms with Crippen molar-refractivity contribution in [1.29, 1.82) is 0 Å². The monoisotopic (exact) mass is 294 g/mol. The molecule has 1 aliphatic carbocycles. The first-order chi connectivity index (χ1) is 8.03. The first-order valence-electron chi connectivity index (χ1n) is 5.39. The summed E-state index contributed by atoms with van der Waals surface area (Å²) in [5.41, 5.74) is 1.57. The lowest BCUT2D eigenvalue weighted by Gasteiger charge is -2.27. The summed E-state index contributed by atoms with van der Waals surface area (Å²) in [5, 5.41) is 2.39. The summed E-state index contributed by atoms with van der Waals surface area (Å²) in [5.74, 6) is -0.183. The average Bonchev–Trinajstić information content (AvgIpc) is 2.74. The van der Waals surface area contributed by atoms with E-state index in [9.17, 15) is 9.59 Å². The van der Waals surface area contributed by atoms with Crippen LogP contribution in [-0.2, 0) is 17.6 Å². The maximum absolute atomic E-state index is 12.0. The zero-order valence-electron chi connectivity index (χ0n) is 9.29. The number of hydrogen-bond acceptors (Lipinski definition) is 2. The van der Waals surface area contributed by atoms with Crippen molar-refractivity contribution in [3.63, 3.8) is 0 Å². The quantitative estimate of drug-likeness (QED) is 0.737. The number of imide groups is 1. The Labute approximate surface area is 107 Å². The fraction of sp³-hybridized carbons (Fsp3) is 0.333. The van der Waals surface area contributed by atoms with Crippen molar-refractivity contribution in [3.8, 4) is 0 Å². The van der Waals surface area contributed by atoms with Crippen LogP contribution in [0.5, 0.6) is 0 Å². The van der Waals surface area contributed by atoms with Gasteiger partial charge in [-0.3, -0.25) is 10.1 Å². The Morgan fingerprint density at radius 3 is 2.65 bits per heavy atom. The van der Waals surface area contributed by atoms with Crippen molar-refractivity contribution in [1.82, 2.24) is 10.2 Å². The number of halogens is 1. The van der Waals surface area contributed by atoms with Gasteiger partial charge in [-0.1, -0.05) is 22.0 Å². The number of amides is 3.